The van der Waals surface area contributed by atoms with Crippen LogP contribution in [0.2, 0.25) is 0 Å². The molecule has 0 fully saturated rings. The van der Waals surface area contributed by atoms with Crippen molar-refractivity contribution in [3.63, 3.8) is 0 Å². The standard InChI is InChI=1S/C10H14O3/c1-4-8(11)5-9(12)6-10(13)7(2)3/h4,9,12H,1-2,5-6H2,3H3. The molecule has 0 aliphatic heterocycles. The average Bonchev–Trinajstić information content (AvgIpc) is 2.03. The Bertz CT molecular complexity index is 241. The Balaban J connectivity index is 3.94. The van der Waals surface area contributed by atoms with Gasteiger partial charge >= 0.3 is 0 Å². The molecule has 0 saturated heterocycles. The van der Waals surface area contributed by atoms with Gasteiger partial charge in [-0.05, 0) is 18.6 Å². The maximum absolute atomic E-state index is 11.0. The molecule has 0 heterocycles. The van der Waals surface area contributed by atoms with Crippen LogP contribution >= 0.6 is 0 Å². The smallest absolute Gasteiger partial charge is 0.160 e. The lowest BCUT2D eigenvalue weighted by atomic mass is 10.0. The second-order valence-electron chi connectivity index (χ2n) is 2.94. The SMILES string of the molecule is C=CC(=O)CC(O)CC(=O)C(=C)C. The van der Waals surface area contributed by atoms with Crippen LogP contribution in [0.5, 0.6) is 0 Å². The molecule has 0 aromatic rings. The monoisotopic (exact) mass is 182 g/mol. The predicted octanol–water partition coefficient (Wildman–Crippen LogP) is 1.03. The first kappa shape index (κ1) is 11.8. The van der Waals surface area contributed by atoms with Gasteiger partial charge in [0.05, 0.1) is 6.10 Å². The zero-order chi connectivity index (χ0) is 10.4. The zero-order valence-corrected chi connectivity index (χ0v) is 7.75. The zero-order valence-electron chi connectivity index (χ0n) is 7.75. The number of aliphatic hydroxyl groups excluding tert-OH is 1. The summed E-state index contributed by atoms with van der Waals surface area (Å²) >= 11 is 0. The molecule has 72 valence electrons. The van der Waals surface area contributed by atoms with Gasteiger partial charge in [0.15, 0.2) is 11.6 Å². The van der Waals surface area contributed by atoms with E-state index in [2.05, 4.69) is 13.2 Å². The van der Waals surface area contributed by atoms with Gasteiger partial charge in [-0.3, -0.25) is 9.59 Å². The van der Waals surface area contributed by atoms with Gasteiger partial charge in [-0.1, -0.05) is 13.2 Å². The van der Waals surface area contributed by atoms with E-state index in [1.165, 1.54) is 0 Å². The van der Waals surface area contributed by atoms with Gasteiger partial charge in [-0.25, -0.2) is 0 Å². The highest BCUT2D eigenvalue weighted by molar-refractivity contribution is 5.95. The highest BCUT2D eigenvalue weighted by atomic mass is 16.3. The maximum Gasteiger partial charge on any atom is 0.160 e. The first-order chi connectivity index (χ1) is 5.97. The van der Waals surface area contributed by atoms with Crippen LogP contribution in [0.4, 0.5) is 0 Å². The largest absolute Gasteiger partial charge is 0.392 e. The Kier molecular flexibility index (Phi) is 4.92. The van der Waals surface area contributed by atoms with Gasteiger partial charge in [0.25, 0.3) is 0 Å². The van der Waals surface area contributed by atoms with E-state index in [1.54, 1.807) is 6.92 Å². The molecule has 13 heavy (non-hydrogen) atoms. The molecule has 0 spiro atoms. The minimum absolute atomic E-state index is 0.0467. The lowest BCUT2D eigenvalue weighted by Gasteiger charge is -2.06. The second-order valence-corrected chi connectivity index (χ2v) is 2.94. The first-order valence-corrected chi connectivity index (χ1v) is 3.99. The number of carbonyl (C=O) groups excluding carboxylic acids is 2. The van der Waals surface area contributed by atoms with Crippen molar-refractivity contribution >= 4 is 11.6 Å². The van der Waals surface area contributed by atoms with Crippen molar-refractivity contribution in [2.45, 2.75) is 25.9 Å². The molecule has 0 aromatic carbocycles. The third kappa shape index (κ3) is 5.09. The molecule has 0 aliphatic carbocycles. The highest BCUT2D eigenvalue weighted by Crippen LogP contribution is 2.04. The van der Waals surface area contributed by atoms with E-state index < -0.39 is 6.10 Å². The van der Waals surface area contributed by atoms with Crippen LogP contribution in [0.1, 0.15) is 19.8 Å². The van der Waals surface area contributed by atoms with Crippen LogP contribution in [0.15, 0.2) is 24.8 Å². The van der Waals surface area contributed by atoms with Crippen molar-refractivity contribution in [1.82, 2.24) is 0 Å². The fraction of sp³-hybridized carbons (Fsp3) is 0.400. The first-order valence-electron chi connectivity index (χ1n) is 3.99. The van der Waals surface area contributed by atoms with E-state index >= 15 is 0 Å². The van der Waals surface area contributed by atoms with E-state index in [9.17, 15) is 14.7 Å². The van der Waals surface area contributed by atoms with E-state index in [1.807, 2.05) is 0 Å². The lowest BCUT2D eigenvalue weighted by molar-refractivity contribution is -0.119. The number of allylic oxidation sites excluding steroid dienone is 2. The third-order valence-electron chi connectivity index (χ3n) is 1.56. The molecule has 0 bridgehead atoms. The van der Waals surface area contributed by atoms with E-state index in [-0.39, 0.29) is 24.4 Å². The molecule has 1 N–H and O–H groups in total. The summed E-state index contributed by atoms with van der Waals surface area (Å²) in [5.41, 5.74) is 0.394. The van der Waals surface area contributed by atoms with E-state index in [0.29, 0.717) is 5.57 Å². The summed E-state index contributed by atoms with van der Waals surface area (Å²) in [6.07, 6.45) is 0.112. The molecule has 3 nitrogen and oxygen atoms in total. The summed E-state index contributed by atoms with van der Waals surface area (Å²) in [5.74, 6) is -0.480. The number of carbonyl (C=O) groups is 2. The van der Waals surface area contributed by atoms with Crippen LogP contribution in [0.3, 0.4) is 0 Å². The Labute approximate surface area is 77.8 Å². The summed E-state index contributed by atoms with van der Waals surface area (Å²) in [7, 11) is 0. The maximum atomic E-state index is 11.0. The highest BCUT2D eigenvalue weighted by Gasteiger charge is 2.13. The van der Waals surface area contributed by atoms with Gasteiger partial charge in [0, 0.05) is 12.8 Å². The van der Waals surface area contributed by atoms with Gasteiger partial charge < -0.3 is 5.11 Å². The predicted molar refractivity (Wildman–Crippen MR) is 50.3 cm³/mol. The molecule has 1 atom stereocenters. The van der Waals surface area contributed by atoms with Crippen LogP contribution < -0.4 is 0 Å². The minimum atomic E-state index is -0.922. The fourth-order valence-corrected chi connectivity index (χ4v) is 0.776. The fourth-order valence-electron chi connectivity index (χ4n) is 0.776. The van der Waals surface area contributed by atoms with Crippen molar-refractivity contribution in [2.24, 2.45) is 0 Å². The molecule has 3 heteroatoms. The molecule has 1 unspecified atom stereocenters. The van der Waals surface area contributed by atoms with Crippen LogP contribution in [-0.4, -0.2) is 22.8 Å². The molecule has 0 saturated carbocycles. The average molecular weight is 182 g/mol. The summed E-state index contributed by atoms with van der Waals surface area (Å²) in [6, 6.07) is 0. The number of Topliss-reactive ketones (excluding diaryl/α,β-unsaturated/α-hetero) is 1. The lowest BCUT2D eigenvalue weighted by Crippen LogP contribution is -2.17. The molecule has 0 aromatic heterocycles. The molecule has 0 amide bonds. The summed E-state index contributed by atoms with van der Waals surface area (Å²) < 4.78 is 0. The third-order valence-corrected chi connectivity index (χ3v) is 1.56. The Morgan fingerprint density at radius 1 is 1.46 bits per heavy atom. The topological polar surface area (TPSA) is 54.4 Å². The normalized spacial score (nSPS) is 11.8. The summed E-state index contributed by atoms with van der Waals surface area (Å²) in [4.78, 5) is 21.8. The molecular weight excluding hydrogens is 168 g/mol. The van der Waals surface area contributed by atoms with Crippen LogP contribution in [-0.2, 0) is 9.59 Å². The van der Waals surface area contributed by atoms with E-state index in [4.69, 9.17) is 0 Å². The van der Waals surface area contributed by atoms with Gasteiger partial charge in [0.1, 0.15) is 0 Å². The van der Waals surface area contributed by atoms with Crippen molar-refractivity contribution in [2.75, 3.05) is 0 Å². The Morgan fingerprint density at radius 3 is 2.38 bits per heavy atom. The minimum Gasteiger partial charge on any atom is -0.392 e. The number of hydrogen-bond acceptors (Lipinski definition) is 3. The van der Waals surface area contributed by atoms with Crippen molar-refractivity contribution < 1.29 is 14.7 Å². The van der Waals surface area contributed by atoms with Crippen LogP contribution in [0.25, 0.3) is 0 Å². The second kappa shape index (κ2) is 5.43. The Morgan fingerprint density at radius 2 is 2.00 bits per heavy atom. The van der Waals surface area contributed by atoms with Gasteiger partial charge in [0.2, 0.25) is 0 Å². The van der Waals surface area contributed by atoms with Crippen molar-refractivity contribution in [1.29, 1.82) is 0 Å². The molecule has 0 aliphatic rings. The quantitative estimate of drug-likeness (QED) is 0.624. The number of hydrogen-bond donors (Lipinski definition) is 1. The van der Waals surface area contributed by atoms with Gasteiger partial charge in [-0.2, -0.15) is 0 Å². The summed E-state index contributed by atoms with van der Waals surface area (Å²) in [6.45, 7) is 8.28. The van der Waals surface area contributed by atoms with E-state index in [0.717, 1.165) is 6.08 Å². The van der Waals surface area contributed by atoms with Crippen molar-refractivity contribution in [3.8, 4) is 0 Å². The number of rotatable bonds is 6. The number of ketones is 2. The Hall–Kier alpha value is -1.22. The van der Waals surface area contributed by atoms with Crippen LogP contribution in [0, 0.1) is 0 Å². The molecule has 0 rings (SSSR count). The van der Waals surface area contributed by atoms with Crippen molar-refractivity contribution in [3.05, 3.63) is 24.8 Å². The van der Waals surface area contributed by atoms with Gasteiger partial charge in [-0.15, -0.1) is 0 Å². The molecular formula is C10H14O3. The number of aliphatic hydroxyl groups is 1. The molecule has 0 radical (unpaired) electrons. The summed E-state index contributed by atoms with van der Waals surface area (Å²) in [5, 5.41) is 9.24.